The average Bonchev–Trinajstić information content (AvgIpc) is 2.42. The number of nitrogens with zero attached hydrogens (tertiary/aromatic N) is 1. The van der Waals surface area contributed by atoms with Crippen LogP contribution in [0.25, 0.3) is 0 Å². The molecule has 0 amide bonds. The van der Waals surface area contributed by atoms with Crippen LogP contribution in [-0.2, 0) is 0 Å². The van der Waals surface area contributed by atoms with E-state index in [0.717, 1.165) is 0 Å². The van der Waals surface area contributed by atoms with E-state index in [2.05, 4.69) is 10.3 Å². The van der Waals surface area contributed by atoms with Crippen molar-refractivity contribution >= 4 is 40.7 Å². The lowest BCUT2D eigenvalue weighted by atomic mass is 10.1. The van der Waals surface area contributed by atoms with Crippen LogP contribution in [0.15, 0.2) is 30.3 Å². The molecule has 0 aliphatic carbocycles. The monoisotopic (exact) mass is 324 g/mol. The van der Waals surface area contributed by atoms with Crippen molar-refractivity contribution in [2.45, 2.75) is 19.8 Å². The second kappa shape index (κ2) is 6.33. The Hall–Kier alpha value is -1.78. The fourth-order valence-corrected chi connectivity index (χ4v) is 2.27. The van der Waals surface area contributed by atoms with Crippen LogP contribution in [-0.4, -0.2) is 16.1 Å². The number of rotatable bonds is 4. The molecule has 1 aromatic heterocycles. The molecule has 0 aliphatic heterocycles. The van der Waals surface area contributed by atoms with E-state index in [1.807, 2.05) is 13.8 Å². The van der Waals surface area contributed by atoms with Crippen LogP contribution in [0.1, 0.15) is 35.8 Å². The highest BCUT2D eigenvalue weighted by Crippen LogP contribution is 2.32. The lowest BCUT2D eigenvalue weighted by Gasteiger charge is -2.13. The number of nitrogens with one attached hydrogen (secondary N) is 1. The lowest BCUT2D eigenvalue weighted by molar-refractivity contribution is 0.0696. The maximum absolute atomic E-state index is 11.2. The molecular formula is C15H14Cl2N2O2. The second-order valence-electron chi connectivity index (χ2n) is 4.85. The van der Waals surface area contributed by atoms with Gasteiger partial charge in [0.05, 0.1) is 21.3 Å². The first-order chi connectivity index (χ1) is 9.88. The number of hydrogen-bond acceptors (Lipinski definition) is 3. The number of para-hydroxylation sites is 1. The van der Waals surface area contributed by atoms with Gasteiger partial charge in [-0.25, -0.2) is 9.78 Å². The van der Waals surface area contributed by atoms with Crippen molar-refractivity contribution in [2.24, 2.45) is 0 Å². The predicted molar refractivity (Wildman–Crippen MR) is 85.0 cm³/mol. The van der Waals surface area contributed by atoms with E-state index in [1.54, 1.807) is 24.3 Å². The molecule has 0 bridgehead atoms. The Labute approximate surface area is 132 Å². The Morgan fingerprint density at radius 3 is 2.38 bits per heavy atom. The van der Waals surface area contributed by atoms with Crippen molar-refractivity contribution in [3.05, 3.63) is 51.6 Å². The van der Waals surface area contributed by atoms with Gasteiger partial charge in [-0.1, -0.05) is 43.1 Å². The van der Waals surface area contributed by atoms with Gasteiger partial charge in [0.1, 0.15) is 5.82 Å². The Morgan fingerprint density at radius 1 is 1.24 bits per heavy atom. The summed E-state index contributed by atoms with van der Waals surface area (Å²) in [6.07, 6.45) is 0. The summed E-state index contributed by atoms with van der Waals surface area (Å²) in [5.74, 6) is -0.507. The van der Waals surface area contributed by atoms with Crippen LogP contribution < -0.4 is 5.32 Å². The third-order valence-electron chi connectivity index (χ3n) is 2.90. The summed E-state index contributed by atoms with van der Waals surface area (Å²) in [6.45, 7) is 3.89. The molecule has 0 fully saturated rings. The van der Waals surface area contributed by atoms with Gasteiger partial charge in [0.2, 0.25) is 0 Å². The molecule has 0 saturated heterocycles. The molecule has 1 aromatic carbocycles. The molecule has 0 aliphatic rings. The molecule has 110 valence electrons. The summed E-state index contributed by atoms with van der Waals surface area (Å²) >= 11 is 12.2. The van der Waals surface area contributed by atoms with Crippen LogP contribution in [0.3, 0.4) is 0 Å². The van der Waals surface area contributed by atoms with Crippen molar-refractivity contribution in [2.75, 3.05) is 5.32 Å². The molecule has 4 nitrogen and oxygen atoms in total. The fraction of sp³-hybridized carbons (Fsp3) is 0.200. The molecule has 0 radical (unpaired) electrons. The van der Waals surface area contributed by atoms with Crippen LogP contribution in [0, 0.1) is 0 Å². The zero-order chi connectivity index (χ0) is 15.6. The van der Waals surface area contributed by atoms with Gasteiger partial charge >= 0.3 is 5.97 Å². The predicted octanol–water partition coefficient (Wildman–Crippen LogP) is 4.95. The van der Waals surface area contributed by atoms with E-state index in [9.17, 15) is 9.90 Å². The average molecular weight is 325 g/mol. The topological polar surface area (TPSA) is 62.2 Å². The molecule has 2 aromatic rings. The molecule has 0 atom stereocenters. The summed E-state index contributed by atoms with van der Waals surface area (Å²) in [4.78, 5) is 15.6. The highest BCUT2D eigenvalue weighted by Gasteiger charge is 2.13. The van der Waals surface area contributed by atoms with Gasteiger partial charge in [-0.15, -0.1) is 0 Å². The number of aromatic nitrogens is 1. The Balaban J connectivity index is 2.46. The van der Waals surface area contributed by atoms with Gasteiger partial charge in [0, 0.05) is 5.69 Å². The standard InChI is InChI=1S/C15H14Cl2N2O2/c1-8(2)12-6-9(15(20)21)7-13(18-12)19-14-10(16)4-3-5-11(14)17/h3-8H,1-2H3,(H,18,19)(H,20,21). The van der Waals surface area contributed by atoms with Gasteiger partial charge in [0.25, 0.3) is 0 Å². The van der Waals surface area contributed by atoms with Crippen molar-refractivity contribution in [3.8, 4) is 0 Å². The number of carbonyl (C=O) groups is 1. The third kappa shape index (κ3) is 3.65. The van der Waals surface area contributed by atoms with Gasteiger partial charge in [-0.05, 0) is 30.2 Å². The van der Waals surface area contributed by atoms with E-state index in [1.165, 1.54) is 6.07 Å². The van der Waals surface area contributed by atoms with Crippen molar-refractivity contribution < 1.29 is 9.90 Å². The third-order valence-corrected chi connectivity index (χ3v) is 3.53. The summed E-state index contributed by atoms with van der Waals surface area (Å²) in [6, 6.07) is 8.14. The Morgan fingerprint density at radius 2 is 1.86 bits per heavy atom. The Kier molecular flexibility index (Phi) is 4.70. The maximum atomic E-state index is 11.2. The minimum atomic E-state index is -1.01. The number of carboxylic acids is 1. The number of anilines is 2. The van der Waals surface area contributed by atoms with Crippen LogP contribution in [0.5, 0.6) is 0 Å². The molecule has 0 saturated carbocycles. The first-order valence-corrected chi connectivity index (χ1v) is 7.10. The van der Waals surface area contributed by atoms with E-state index >= 15 is 0 Å². The minimum Gasteiger partial charge on any atom is -0.478 e. The van der Waals surface area contributed by atoms with Crippen LogP contribution in [0.4, 0.5) is 11.5 Å². The lowest BCUT2D eigenvalue weighted by Crippen LogP contribution is -2.05. The largest absolute Gasteiger partial charge is 0.478 e. The molecule has 1 heterocycles. The fourth-order valence-electron chi connectivity index (χ4n) is 1.78. The highest BCUT2D eigenvalue weighted by atomic mass is 35.5. The first kappa shape index (κ1) is 15.6. The zero-order valence-electron chi connectivity index (χ0n) is 11.5. The smallest absolute Gasteiger partial charge is 0.335 e. The number of hydrogen-bond donors (Lipinski definition) is 2. The zero-order valence-corrected chi connectivity index (χ0v) is 13.0. The van der Waals surface area contributed by atoms with Gasteiger partial charge in [-0.3, -0.25) is 0 Å². The number of aromatic carboxylic acids is 1. The molecule has 0 unspecified atom stereocenters. The minimum absolute atomic E-state index is 0.103. The SMILES string of the molecule is CC(C)c1cc(C(=O)O)cc(Nc2c(Cl)cccc2Cl)n1. The normalized spacial score (nSPS) is 10.7. The van der Waals surface area contributed by atoms with E-state index in [4.69, 9.17) is 23.2 Å². The number of halogens is 2. The summed E-state index contributed by atoms with van der Waals surface area (Å²) in [7, 11) is 0. The van der Waals surface area contributed by atoms with E-state index < -0.39 is 5.97 Å². The molecular weight excluding hydrogens is 311 g/mol. The van der Waals surface area contributed by atoms with E-state index in [0.29, 0.717) is 27.2 Å². The molecule has 2 rings (SSSR count). The summed E-state index contributed by atoms with van der Waals surface area (Å²) in [5, 5.41) is 13.1. The Bertz CT molecular complexity index is 667. The number of pyridine rings is 1. The van der Waals surface area contributed by atoms with Gasteiger partial charge < -0.3 is 10.4 Å². The maximum Gasteiger partial charge on any atom is 0.335 e. The molecule has 21 heavy (non-hydrogen) atoms. The van der Waals surface area contributed by atoms with Crippen molar-refractivity contribution in [1.82, 2.24) is 4.98 Å². The second-order valence-corrected chi connectivity index (χ2v) is 5.66. The molecule has 0 spiro atoms. The number of benzene rings is 1. The molecule has 2 N–H and O–H groups in total. The first-order valence-electron chi connectivity index (χ1n) is 6.35. The molecule has 6 heteroatoms. The van der Waals surface area contributed by atoms with E-state index in [-0.39, 0.29) is 11.5 Å². The summed E-state index contributed by atoms with van der Waals surface area (Å²) in [5.41, 5.74) is 1.35. The van der Waals surface area contributed by atoms with Crippen LogP contribution in [0.2, 0.25) is 10.0 Å². The number of carboxylic acid groups (broad SMARTS) is 1. The van der Waals surface area contributed by atoms with Gasteiger partial charge in [-0.2, -0.15) is 0 Å². The van der Waals surface area contributed by atoms with Crippen molar-refractivity contribution in [1.29, 1.82) is 0 Å². The quantitative estimate of drug-likeness (QED) is 0.834. The van der Waals surface area contributed by atoms with Gasteiger partial charge in [0.15, 0.2) is 0 Å². The summed E-state index contributed by atoms with van der Waals surface area (Å²) < 4.78 is 0. The highest BCUT2D eigenvalue weighted by molar-refractivity contribution is 6.39. The van der Waals surface area contributed by atoms with Crippen molar-refractivity contribution in [3.63, 3.8) is 0 Å². The van der Waals surface area contributed by atoms with Crippen LogP contribution >= 0.6 is 23.2 Å².